The average molecular weight is 583 g/mol. The molecule has 0 aromatic heterocycles. The molecule has 2 fully saturated rings. The largest absolute Gasteiger partial charge is 0.393 e. The van der Waals surface area contributed by atoms with Crippen LogP contribution in [0.2, 0.25) is 0 Å². The van der Waals surface area contributed by atoms with E-state index in [0.29, 0.717) is 6.42 Å². The van der Waals surface area contributed by atoms with Gasteiger partial charge in [0.05, 0.1) is 12.2 Å². The van der Waals surface area contributed by atoms with Crippen molar-refractivity contribution in [3.63, 3.8) is 0 Å². The minimum absolute atomic E-state index is 0.0842. The van der Waals surface area contributed by atoms with Crippen LogP contribution in [-0.2, 0) is 4.74 Å². The van der Waals surface area contributed by atoms with E-state index in [4.69, 9.17) is 4.74 Å². The second kappa shape index (κ2) is 13.8. The summed E-state index contributed by atoms with van der Waals surface area (Å²) >= 11 is 0. The standard InChI is InChI=1S/C40H54O3/c1-29(17-13-19-31(3)21-22-36-33(5)25-34(41)26-37(36,6)7)15-11-12-16-30(2)18-14-20-32(4)23-24-40-38(8,9)27-35(42)28-39(40,10)43-40/h11-20,23-24,34-35,41-42H,25-28H2,1-10H3/b12-11+,17-13+,18-14+,24-23+,29-15+,30-16+,31-19+,32-20+/t34-,35+,39+,40-/m1/s1. The summed E-state index contributed by atoms with van der Waals surface area (Å²) in [6.45, 7) is 21.2. The molecule has 2 N–H and O–H groups in total. The third-order valence-corrected chi connectivity index (χ3v) is 9.12. The van der Waals surface area contributed by atoms with Crippen molar-refractivity contribution < 1.29 is 14.9 Å². The fourth-order valence-electron chi connectivity index (χ4n) is 6.88. The van der Waals surface area contributed by atoms with E-state index in [1.54, 1.807) is 0 Å². The minimum Gasteiger partial charge on any atom is -0.393 e. The Balaban J connectivity index is 1.51. The normalized spacial score (nSPS) is 31.7. The van der Waals surface area contributed by atoms with Gasteiger partial charge in [-0.05, 0) is 72.5 Å². The number of rotatable bonds is 8. The topological polar surface area (TPSA) is 53.0 Å². The van der Waals surface area contributed by atoms with Gasteiger partial charge in [0.15, 0.2) is 0 Å². The number of ether oxygens (including phenoxy) is 1. The molecule has 43 heavy (non-hydrogen) atoms. The maximum Gasteiger partial charge on any atom is 0.121 e. The molecule has 1 saturated carbocycles. The van der Waals surface area contributed by atoms with Gasteiger partial charge < -0.3 is 14.9 Å². The summed E-state index contributed by atoms with van der Waals surface area (Å²) in [5, 5.41) is 20.3. The van der Waals surface area contributed by atoms with Crippen LogP contribution in [0.1, 0.15) is 94.9 Å². The van der Waals surface area contributed by atoms with Crippen molar-refractivity contribution in [3.05, 3.63) is 106 Å². The quantitative estimate of drug-likeness (QED) is 0.170. The molecule has 0 amide bonds. The van der Waals surface area contributed by atoms with Gasteiger partial charge in [-0.1, -0.05) is 129 Å². The summed E-state index contributed by atoms with van der Waals surface area (Å²) in [4.78, 5) is 0. The second-order valence-corrected chi connectivity index (χ2v) is 14.4. The molecule has 232 valence electrons. The molecule has 1 heterocycles. The van der Waals surface area contributed by atoms with Gasteiger partial charge in [-0.25, -0.2) is 0 Å². The first-order valence-electron chi connectivity index (χ1n) is 15.7. The number of allylic oxidation sites excluding steroid dienone is 16. The molecule has 0 bridgehead atoms. The molecule has 0 radical (unpaired) electrons. The summed E-state index contributed by atoms with van der Waals surface area (Å²) in [6, 6.07) is 0. The average Bonchev–Trinajstić information content (AvgIpc) is 3.49. The van der Waals surface area contributed by atoms with E-state index in [2.05, 4.69) is 135 Å². The van der Waals surface area contributed by atoms with Gasteiger partial charge >= 0.3 is 0 Å². The van der Waals surface area contributed by atoms with Gasteiger partial charge in [0, 0.05) is 22.8 Å². The van der Waals surface area contributed by atoms with Crippen molar-refractivity contribution in [2.24, 2.45) is 10.8 Å². The molecule has 1 aliphatic heterocycles. The van der Waals surface area contributed by atoms with Crippen LogP contribution in [0.25, 0.3) is 0 Å². The molecule has 2 aliphatic carbocycles. The lowest BCUT2D eigenvalue weighted by Gasteiger charge is -2.39. The van der Waals surface area contributed by atoms with E-state index < -0.39 is 0 Å². The summed E-state index contributed by atoms with van der Waals surface area (Å²) in [5.41, 5.74) is 6.13. The summed E-state index contributed by atoms with van der Waals surface area (Å²) in [5.74, 6) is 6.68. The van der Waals surface area contributed by atoms with Crippen LogP contribution < -0.4 is 0 Å². The van der Waals surface area contributed by atoms with Gasteiger partial charge in [-0.2, -0.15) is 0 Å². The van der Waals surface area contributed by atoms with Crippen molar-refractivity contribution in [3.8, 4) is 11.8 Å². The number of fused-ring (bicyclic) bond motifs is 1. The monoisotopic (exact) mass is 582 g/mol. The van der Waals surface area contributed by atoms with Crippen LogP contribution in [-0.4, -0.2) is 33.6 Å². The maximum atomic E-state index is 10.2. The molecule has 0 aromatic carbocycles. The predicted molar refractivity (Wildman–Crippen MR) is 182 cm³/mol. The Labute approximate surface area is 261 Å². The first-order valence-corrected chi connectivity index (χ1v) is 15.7. The van der Waals surface area contributed by atoms with Crippen LogP contribution in [0.15, 0.2) is 106 Å². The van der Waals surface area contributed by atoms with E-state index in [1.807, 2.05) is 19.1 Å². The molecule has 3 heteroatoms. The molecular weight excluding hydrogens is 528 g/mol. The van der Waals surface area contributed by atoms with Crippen LogP contribution in [0.5, 0.6) is 0 Å². The first-order chi connectivity index (χ1) is 20.0. The van der Waals surface area contributed by atoms with Crippen LogP contribution in [0, 0.1) is 22.7 Å². The van der Waals surface area contributed by atoms with E-state index in [1.165, 1.54) is 22.3 Å². The zero-order chi connectivity index (χ0) is 32.1. The molecule has 0 aromatic rings. The molecular formula is C40H54O3. The molecule has 0 unspecified atom stereocenters. The number of epoxide rings is 1. The summed E-state index contributed by atoms with van der Waals surface area (Å²) < 4.78 is 6.24. The van der Waals surface area contributed by atoms with Crippen molar-refractivity contribution in [1.82, 2.24) is 0 Å². The van der Waals surface area contributed by atoms with Gasteiger partial charge in [0.2, 0.25) is 0 Å². The van der Waals surface area contributed by atoms with Crippen molar-refractivity contribution >= 4 is 0 Å². The first kappa shape index (κ1) is 34.6. The van der Waals surface area contributed by atoms with Crippen LogP contribution in [0.3, 0.4) is 0 Å². The van der Waals surface area contributed by atoms with Gasteiger partial charge in [-0.3, -0.25) is 0 Å². The third-order valence-electron chi connectivity index (χ3n) is 9.12. The Kier molecular flexibility index (Phi) is 11.1. The Morgan fingerprint density at radius 3 is 1.88 bits per heavy atom. The number of hydrogen-bond donors (Lipinski definition) is 2. The number of aliphatic hydroxyl groups is 2. The molecule has 3 rings (SSSR count). The summed E-state index contributed by atoms with van der Waals surface area (Å²) in [7, 11) is 0. The van der Waals surface area contributed by atoms with E-state index in [9.17, 15) is 10.2 Å². The minimum atomic E-state index is -0.294. The van der Waals surface area contributed by atoms with Gasteiger partial charge in [0.1, 0.15) is 11.2 Å². The Morgan fingerprint density at radius 1 is 0.744 bits per heavy atom. The Morgan fingerprint density at radius 2 is 1.30 bits per heavy atom. The van der Waals surface area contributed by atoms with E-state index in [0.717, 1.165) is 30.4 Å². The van der Waals surface area contributed by atoms with Crippen molar-refractivity contribution in [1.29, 1.82) is 0 Å². The lowest BCUT2D eigenvalue weighted by molar-refractivity contribution is 0.0515. The second-order valence-electron chi connectivity index (χ2n) is 14.4. The molecule has 1 saturated heterocycles. The van der Waals surface area contributed by atoms with Gasteiger partial charge in [0.25, 0.3) is 0 Å². The lowest BCUT2D eigenvalue weighted by atomic mass is 9.63. The zero-order valence-electron chi connectivity index (χ0n) is 28.2. The molecule has 3 nitrogen and oxygen atoms in total. The fraction of sp³-hybridized carbons (Fsp3) is 0.500. The zero-order valence-corrected chi connectivity index (χ0v) is 28.2. The number of aliphatic hydroxyl groups excluding tert-OH is 2. The molecule has 3 aliphatic rings. The van der Waals surface area contributed by atoms with Crippen LogP contribution >= 0.6 is 0 Å². The highest BCUT2D eigenvalue weighted by Gasteiger charge is 2.74. The highest BCUT2D eigenvalue weighted by atomic mass is 16.6. The van der Waals surface area contributed by atoms with Crippen molar-refractivity contribution in [2.75, 3.05) is 0 Å². The summed E-state index contributed by atoms with van der Waals surface area (Å²) in [6.07, 6.45) is 27.5. The van der Waals surface area contributed by atoms with Crippen LogP contribution in [0.4, 0.5) is 0 Å². The lowest BCUT2D eigenvalue weighted by Crippen LogP contribution is -2.46. The molecule has 0 spiro atoms. The van der Waals surface area contributed by atoms with Gasteiger partial charge in [-0.15, -0.1) is 0 Å². The number of hydrogen-bond acceptors (Lipinski definition) is 3. The molecule has 4 atom stereocenters. The predicted octanol–water partition coefficient (Wildman–Crippen LogP) is 9.21. The highest BCUT2D eigenvalue weighted by molar-refractivity contribution is 5.45. The Bertz CT molecular complexity index is 1390. The smallest absolute Gasteiger partial charge is 0.121 e. The van der Waals surface area contributed by atoms with Crippen molar-refractivity contribution in [2.45, 2.75) is 118 Å². The maximum absolute atomic E-state index is 10.2. The third kappa shape index (κ3) is 8.82. The Hall–Kier alpha value is -2.90. The van der Waals surface area contributed by atoms with E-state index >= 15 is 0 Å². The SMILES string of the molecule is CC1=C(C#C/C(C)=C/C=C/C(C)=C/C=C/C=C(C)/C=C/C=C(C)/C=C/[C@]23O[C@@]2(C)C[C@@H](O)CC3(C)C)C(C)(C)C[C@H](O)C1. The van der Waals surface area contributed by atoms with E-state index in [-0.39, 0.29) is 34.2 Å². The fourth-order valence-corrected chi connectivity index (χ4v) is 6.88. The highest BCUT2D eigenvalue weighted by Crippen LogP contribution is 2.66.